The average molecular weight is 262 g/mol. The van der Waals surface area contributed by atoms with Crippen LogP contribution in [0.4, 0.5) is 0 Å². The number of nitrogens with zero attached hydrogens (tertiary/aromatic N) is 2. The molecular weight excluding hydrogens is 248 g/mol. The first kappa shape index (κ1) is 14.2. The summed E-state index contributed by atoms with van der Waals surface area (Å²) in [6.07, 6.45) is 5.16. The van der Waals surface area contributed by atoms with Crippen molar-refractivity contribution in [1.82, 2.24) is 4.31 Å². The molecule has 0 heterocycles. The van der Waals surface area contributed by atoms with Gasteiger partial charge in [0.2, 0.25) is 10.0 Å². The van der Waals surface area contributed by atoms with Gasteiger partial charge in [-0.1, -0.05) is 12.8 Å². The zero-order chi connectivity index (χ0) is 13.8. The van der Waals surface area contributed by atoms with Crippen LogP contribution in [0.5, 0.6) is 0 Å². The molecule has 94 valence electrons. The Hall–Kier alpha value is -1.82. The predicted octanol–water partition coefficient (Wildman–Crippen LogP) is 1.51. The summed E-state index contributed by atoms with van der Waals surface area (Å²) in [6, 6.07) is 6.43. The van der Waals surface area contributed by atoms with Crippen molar-refractivity contribution in [3.8, 4) is 18.4 Å². The van der Waals surface area contributed by atoms with Crippen molar-refractivity contribution in [3.63, 3.8) is 0 Å². The normalized spacial score (nSPS) is 10.9. The van der Waals surface area contributed by atoms with Gasteiger partial charge in [0.15, 0.2) is 0 Å². The summed E-state index contributed by atoms with van der Waals surface area (Å²) in [6.45, 7) is 3.78. The number of benzene rings is 1. The van der Waals surface area contributed by atoms with E-state index in [1.165, 1.54) is 22.5 Å². The molecule has 0 aromatic heterocycles. The SMILES string of the molecule is C#CCN(CC)S(=O)(=O)c1ccc(C#N)c(C)c1. The minimum absolute atomic E-state index is 0.0396. The Morgan fingerprint density at radius 3 is 2.56 bits per heavy atom. The van der Waals surface area contributed by atoms with Gasteiger partial charge >= 0.3 is 0 Å². The Kier molecular flexibility index (Phi) is 4.49. The minimum atomic E-state index is -3.58. The molecule has 0 aliphatic heterocycles. The van der Waals surface area contributed by atoms with E-state index >= 15 is 0 Å². The lowest BCUT2D eigenvalue weighted by atomic mass is 10.1. The summed E-state index contributed by atoms with van der Waals surface area (Å²) in [5, 5.41) is 8.82. The summed E-state index contributed by atoms with van der Waals surface area (Å²) >= 11 is 0. The van der Waals surface area contributed by atoms with Gasteiger partial charge in [-0.2, -0.15) is 9.57 Å². The highest BCUT2D eigenvalue weighted by molar-refractivity contribution is 7.89. The molecule has 5 heteroatoms. The Bertz CT molecular complexity index is 621. The molecule has 4 nitrogen and oxygen atoms in total. The van der Waals surface area contributed by atoms with Gasteiger partial charge in [-0.25, -0.2) is 8.42 Å². The van der Waals surface area contributed by atoms with E-state index in [-0.39, 0.29) is 11.4 Å². The lowest BCUT2D eigenvalue weighted by molar-refractivity contribution is 0.464. The van der Waals surface area contributed by atoms with Crippen molar-refractivity contribution < 1.29 is 8.42 Å². The van der Waals surface area contributed by atoms with Crippen LogP contribution in [0.15, 0.2) is 23.1 Å². The molecule has 0 aliphatic rings. The maximum absolute atomic E-state index is 12.3. The van der Waals surface area contributed by atoms with Crippen molar-refractivity contribution in [2.45, 2.75) is 18.7 Å². The fourth-order valence-electron chi connectivity index (χ4n) is 1.54. The molecule has 1 rings (SSSR count). The molecule has 0 spiro atoms. The van der Waals surface area contributed by atoms with Gasteiger partial charge in [0.25, 0.3) is 0 Å². The second-order valence-electron chi connectivity index (χ2n) is 3.72. The maximum atomic E-state index is 12.3. The van der Waals surface area contributed by atoms with Gasteiger partial charge in [0.05, 0.1) is 23.1 Å². The number of aryl methyl sites for hydroxylation is 1. The summed E-state index contributed by atoms with van der Waals surface area (Å²) < 4.78 is 25.7. The van der Waals surface area contributed by atoms with E-state index in [2.05, 4.69) is 5.92 Å². The number of rotatable bonds is 4. The molecule has 0 saturated carbocycles. The van der Waals surface area contributed by atoms with Gasteiger partial charge < -0.3 is 0 Å². The van der Waals surface area contributed by atoms with Gasteiger partial charge in [-0.15, -0.1) is 6.42 Å². The van der Waals surface area contributed by atoms with Crippen molar-refractivity contribution in [3.05, 3.63) is 29.3 Å². The summed E-state index contributed by atoms with van der Waals surface area (Å²) in [4.78, 5) is 0.163. The molecule has 0 atom stereocenters. The van der Waals surface area contributed by atoms with E-state index in [0.717, 1.165) is 0 Å². The summed E-state index contributed by atoms with van der Waals surface area (Å²) in [5.74, 6) is 2.33. The number of nitriles is 1. The van der Waals surface area contributed by atoms with E-state index in [1.807, 2.05) is 6.07 Å². The highest BCUT2D eigenvalue weighted by Crippen LogP contribution is 2.18. The molecule has 0 bridgehead atoms. The Morgan fingerprint density at radius 2 is 2.11 bits per heavy atom. The van der Waals surface area contributed by atoms with Crippen LogP contribution >= 0.6 is 0 Å². The van der Waals surface area contributed by atoms with Gasteiger partial charge in [-0.05, 0) is 30.7 Å². The maximum Gasteiger partial charge on any atom is 0.243 e. The highest BCUT2D eigenvalue weighted by atomic mass is 32.2. The van der Waals surface area contributed by atoms with E-state index in [9.17, 15) is 8.42 Å². The third-order valence-electron chi connectivity index (χ3n) is 2.58. The molecule has 0 unspecified atom stereocenters. The number of hydrogen-bond donors (Lipinski definition) is 0. The van der Waals surface area contributed by atoms with Crippen molar-refractivity contribution in [2.75, 3.05) is 13.1 Å². The van der Waals surface area contributed by atoms with Crippen LogP contribution in [-0.2, 0) is 10.0 Å². The van der Waals surface area contributed by atoms with Crippen LogP contribution in [0.2, 0.25) is 0 Å². The summed E-state index contributed by atoms with van der Waals surface area (Å²) in [5.41, 5.74) is 1.10. The zero-order valence-corrected chi connectivity index (χ0v) is 11.2. The molecule has 1 aromatic carbocycles. The van der Waals surface area contributed by atoms with Gasteiger partial charge in [-0.3, -0.25) is 0 Å². The number of sulfonamides is 1. The predicted molar refractivity (Wildman–Crippen MR) is 69.2 cm³/mol. The monoisotopic (exact) mass is 262 g/mol. The van der Waals surface area contributed by atoms with E-state index in [1.54, 1.807) is 13.8 Å². The van der Waals surface area contributed by atoms with Gasteiger partial charge in [0, 0.05) is 6.54 Å². The lowest BCUT2D eigenvalue weighted by Crippen LogP contribution is -2.31. The first-order valence-electron chi connectivity index (χ1n) is 5.41. The van der Waals surface area contributed by atoms with Crippen molar-refractivity contribution in [2.24, 2.45) is 0 Å². The smallest absolute Gasteiger partial charge is 0.207 e. The molecule has 0 saturated heterocycles. The molecule has 0 aliphatic carbocycles. The number of hydrogen-bond acceptors (Lipinski definition) is 3. The van der Waals surface area contributed by atoms with Crippen LogP contribution in [-0.4, -0.2) is 25.8 Å². The molecule has 0 fully saturated rings. The van der Waals surface area contributed by atoms with Crippen LogP contribution < -0.4 is 0 Å². The third kappa shape index (κ3) is 2.70. The standard InChI is InChI=1S/C13H14N2O2S/c1-4-8-15(5-2)18(16,17)13-7-6-12(10-14)11(3)9-13/h1,6-7,9H,5,8H2,2-3H3. The van der Waals surface area contributed by atoms with Crippen LogP contribution in [0.3, 0.4) is 0 Å². The molecule has 0 radical (unpaired) electrons. The van der Waals surface area contributed by atoms with E-state index in [0.29, 0.717) is 17.7 Å². The molecule has 0 amide bonds. The second-order valence-corrected chi connectivity index (χ2v) is 5.66. The van der Waals surface area contributed by atoms with E-state index < -0.39 is 10.0 Å². The van der Waals surface area contributed by atoms with Crippen LogP contribution in [0.25, 0.3) is 0 Å². The molecular formula is C13H14N2O2S. The average Bonchev–Trinajstić information content (AvgIpc) is 2.35. The third-order valence-corrected chi connectivity index (χ3v) is 4.49. The van der Waals surface area contributed by atoms with E-state index in [4.69, 9.17) is 11.7 Å². The first-order valence-corrected chi connectivity index (χ1v) is 6.85. The topological polar surface area (TPSA) is 61.2 Å². The number of terminal acetylenes is 1. The zero-order valence-electron chi connectivity index (χ0n) is 10.3. The molecule has 0 N–H and O–H groups in total. The Labute approximate surface area is 108 Å². The minimum Gasteiger partial charge on any atom is -0.207 e. The molecule has 1 aromatic rings. The summed E-state index contributed by atoms with van der Waals surface area (Å²) in [7, 11) is -3.58. The molecule has 18 heavy (non-hydrogen) atoms. The van der Waals surface area contributed by atoms with Crippen LogP contribution in [0.1, 0.15) is 18.1 Å². The second kappa shape index (κ2) is 5.68. The largest absolute Gasteiger partial charge is 0.243 e. The lowest BCUT2D eigenvalue weighted by Gasteiger charge is -2.18. The highest BCUT2D eigenvalue weighted by Gasteiger charge is 2.22. The Morgan fingerprint density at radius 1 is 1.44 bits per heavy atom. The fourth-order valence-corrected chi connectivity index (χ4v) is 2.99. The quantitative estimate of drug-likeness (QED) is 0.773. The van der Waals surface area contributed by atoms with Crippen LogP contribution in [0, 0.1) is 30.6 Å². The van der Waals surface area contributed by atoms with Gasteiger partial charge in [0.1, 0.15) is 0 Å². The first-order chi connectivity index (χ1) is 8.47. The van der Waals surface area contributed by atoms with Crippen molar-refractivity contribution >= 4 is 10.0 Å². The Balaban J connectivity index is 3.26. The fraction of sp³-hybridized carbons (Fsp3) is 0.308. The van der Waals surface area contributed by atoms with Crippen molar-refractivity contribution in [1.29, 1.82) is 5.26 Å².